The fourth-order valence-corrected chi connectivity index (χ4v) is 3.72. The Bertz CT molecular complexity index is 1330. The highest BCUT2D eigenvalue weighted by molar-refractivity contribution is 6.05. The van der Waals surface area contributed by atoms with Crippen molar-refractivity contribution in [1.29, 1.82) is 0 Å². The Kier molecular flexibility index (Phi) is 6.45. The number of carbonyl (C=O) groups is 1. The van der Waals surface area contributed by atoms with Gasteiger partial charge in [0.15, 0.2) is 17.1 Å². The number of ether oxygens (including phenoxy) is 3. The summed E-state index contributed by atoms with van der Waals surface area (Å²) in [5, 5.41) is 2.97. The zero-order chi connectivity index (χ0) is 24.4. The predicted molar refractivity (Wildman–Crippen MR) is 132 cm³/mol. The van der Waals surface area contributed by atoms with Gasteiger partial charge in [-0.15, -0.1) is 0 Å². The van der Waals surface area contributed by atoms with Crippen molar-refractivity contribution < 1.29 is 23.4 Å². The smallest absolute Gasteiger partial charge is 0.255 e. The van der Waals surface area contributed by atoms with E-state index in [0.29, 0.717) is 40.3 Å². The van der Waals surface area contributed by atoms with E-state index < -0.39 is 0 Å². The highest BCUT2D eigenvalue weighted by atomic mass is 16.5. The van der Waals surface area contributed by atoms with E-state index >= 15 is 0 Å². The molecule has 7 nitrogen and oxygen atoms in total. The number of nitrogens with zero attached hydrogens (tertiary/aromatic N) is 1. The monoisotopic (exact) mass is 460 g/mol. The van der Waals surface area contributed by atoms with Crippen LogP contribution in [0.1, 0.15) is 41.3 Å². The molecule has 0 aliphatic rings. The maximum Gasteiger partial charge on any atom is 0.255 e. The van der Waals surface area contributed by atoms with Crippen molar-refractivity contribution >= 4 is 22.7 Å². The minimum absolute atomic E-state index is 0.307. The fraction of sp³-hybridized carbons (Fsp3) is 0.259. The number of nitrogens with one attached hydrogen (secondary N) is 1. The molecule has 0 saturated heterocycles. The van der Waals surface area contributed by atoms with Crippen LogP contribution in [0.3, 0.4) is 0 Å². The fourth-order valence-electron chi connectivity index (χ4n) is 3.72. The van der Waals surface area contributed by atoms with Crippen LogP contribution >= 0.6 is 0 Å². The summed E-state index contributed by atoms with van der Waals surface area (Å²) in [4.78, 5) is 17.8. The van der Waals surface area contributed by atoms with Gasteiger partial charge in [-0.25, -0.2) is 4.98 Å². The van der Waals surface area contributed by atoms with Gasteiger partial charge in [-0.05, 0) is 60.4 Å². The standard InChI is InChI=1S/C27H28N2O5/c1-15(2)17-9-10-22-21(11-17)29-27(34-22)18-8-7-16(3)20(12-18)28-26(30)19-13-23(31-4)25(33-6)24(14-19)32-5/h7-15H,1-6H3,(H,28,30). The van der Waals surface area contributed by atoms with Crippen molar-refractivity contribution in [3.05, 3.63) is 65.2 Å². The SMILES string of the molecule is COc1cc(C(=O)Nc2cc(-c3nc4cc(C(C)C)ccc4o3)ccc2C)cc(OC)c1OC. The van der Waals surface area contributed by atoms with Gasteiger partial charge in [0.25, 0.3) is 5.91 Å². The van der Waals surface area contributed by atoms with Crippen LogP contribution in [-0.2, 0) is 0 Å². The lowest BCUT2D eigenvalue weighted by molar-refractivity contribution is 0.102. The quantitative estimate of drug-likeness (QED) is 0.353. The van der Waals surface area contributed by atoms with Gasteiger partial charge in [-0.3, -0.25) is 4.79 Å². The van der Waals surface area contributed by atoms with Crippen molar-refractivity contribution in [2.75, 3.05) is 26.6 Å². The molecule has 176 valence electrons. The van der Waals surface area contributed by atoms with E-state index in [4.69, 9.17) is 18.6 Å². The maximum atomic E-state index is 13.1. The van der Waals surface area contributed by atoms with Gasteiger partial charge < -0.3 is 23.9 Å². The second kappa shape index (κ2) is 9.47. The van der Waals surface area contributed by atoms with Gasteiger partial charge in [-0.2, -0.15) is 0 Å². The summed E-state index contributed by atoms with van der Waals surface area (Å²) in [5.74, 6) is 1.84. The van der Waals surface area contributed by atoms with E-state index in [2.05, 4.69) is 30.2 Å². The molecule has 3 aromatic carbocycles. The topological polar surface area (TPSA) is 82.8 Å². The number of oxazole rings is 1. The summed E-state index contributed by atoms with van der Waals surface area (Å²) in [5.41, 5.74) is 5.45. The van der Waals surface area contributed by atoms with Crippen molar-refractivity contribution in [2.45, 2.75) is 26.7 Å². The molecule has 0 aliphatic heterocycles. The third-order valence-corrected chi connectivity index (χ3v) is 5.74. The molecule has 34 heavy (non-hydrogen) atoms. The Morgan fingerprint density at radius 3 is 2.26 bits per heavy atom. The first-order chi connectivity index (χ1) is 16.3. The molecule has 0 aliphatic carbocycles. The first kappa shape index (κ1) is 23.2. The van der Waals surface area contributed by atoms with Crippen molar-refractivity contribution in [1.82, 2.24) is 4.98 Å². The van der Waals surface area contributed by atoms with E-state index in [1.165, 1.54) is 26.9 Å². The molecule has 0 saturated carbocycles. The van der Waals surface area contributed by atoms with Crippen LogP contribution in [0.15, 0.2) is 52.9 Å². The molecule has 0 radical (unpaired) electrons. The molecule has 1 heterocycles. The lowest BCUT2D eigenvalue weighted by Gasteiger charge is -2.15. The van der Waals surface area contributed by atoms with Gasteiger partial charge in [0, 0.05) is 16.8 Å². The number of anilines is 1. The number of amides is 1. The average molecular weight is 461 g/mol. The Hall–Kier alpha value is -4.00. The maximum absolute atomic E-state index is 13.1. The molecule has 4 aromatic rings. The minimum Gasteiger partial charge on any atom is -0.493 e. The van der Waals surface area contributed by atoms with Gasteiger partial charge in [-0.1, -0.05) is 26.0 Å². The van der Waals surface area contributed by atoms with Crippen LogP contribution in [-0.4, -0.2) is 32.2 Å². The third-order valence-electron chi connectivity index (χ3n) is 5.74. The zero-order valence-electron chi connectivity index (χ0n) is 20.2. The largest absolute Gasteiger partial charge is 0.493 e. The number of benzene rings is 3. The van der Waals surface area contributed by atoms with Gasteiger partial charge in [0.1, 0.15) is 5.52 Å². The van der Waals surface area contributed by atoms with Crippen LogP contribution < -0.4 is 19.5 Å². The molecular weight excluding hydrogens is 432 g/mol. The number of aryl methyl sites for hydroxylation is 1. The molecule has 4 rings (SSSR count). The van der Waals surface area contributed by atoms with Crippen molar-refractivity contribution in [2.24, 2.45) is 0 Å². The summed E-state index contributed by atoms with van der Waals surface area (Å²) in [6.45, 7) is 6.21. The lowest BCUT2D eigenvalue weighted by Crippen LogP contribution is -2.13. The molecule has 1 aromatic heterocycles. The summed E-state index contributed by atoms with van der Waals surface area (Å²) in [6.07, 6.45) is 0. The Morgan fingerprint density at radius 2 is 1.65 bits per heavy atom. The van der Waals surface area contributed by atoms with E-state index in [1.807, 2.05) is 37.3 Å². The molecular formula is C27H28N2O5. The number of hydrogen-bond donors (Lipinski definition) is 1. The molecule has 0 atom stereocenters. The molecule has 0 bridgehead atoms. The van der Waals surface area contributed by atoms with E-state index in [0.717, 1.165) is 22.2 Å². The van der Waals surface area contributed by atoms with Gasteiger partial charge >= 0.3 is 0 Å². The third kappa shape index (κ3) is 4.41. The molecule has 7 heteroatoms. The van der Waals surface area contributed by atoms with Crippen LogP contribution in [0.2, 0.25) is 0 Å². The van der Waals surface area contributed by atoms with Crippen molar-refractivity contribution in [3.63, 3.8) is 0 Å². The number of carbonyl (C=O) groups excluding carboxylic acids is 1. The van der Waals surface area contributed by atoms with Crippen LogP contribution in [0, 0.1) is 6.92 Å². The molecule has 1 amide bonds. The number of hydrogen-bond acceptors (Lipinski definition) is 6. The van der Waals surface area contributed by atoms with E-state index in [-0.39, 0.29) is 5.91 Å². The first-order valence-corrected chi connectivity index (χ1v) is 11.0. The highest BCUT2D eigenvalue weighted by Gasteiger charge is 2.18. The predicted octanol–water partition coefficient (Wildman–Crippen LogP) is 6.20. The van der Waals surface area contributed by atoms with E-state index in [1.54, 1.807) is 12.1 Å². The zero-order valence-corrected chi connectivity index (χ0v) is 20.2. The second-order valence-electron chi connectivity index (χ2n) is 8.30. The van der Waals surface area contributed by atoms with Crippen molar-refractivity contribution in [3.8, 4) is 28.7 Å². The average Bonchev–Trinajstić information content (AvgIpc) is 3.27. The molecule has 0 spiro atoms. The summed E-state index contributed by atoms with van der Waals surface area (Å²) in [6, 6.07) is 15.0. The number of rotatable bonds is 7. The molecule has 0 unspecified atom stereocenters. The lowest BCUT2D eigenvalue weighted by atomic mass is 10.0. The van der Waals surface area contributed by atoms with Gasteiger partial charge in [0.05, 0.1) is 21.3 Å². The first-order valence-electron chi connectivity index (χ1n) is 11.0. The normalized spacial score (nSPS) is 11.0. The molecule has 1 N–H and O–H groups in total. The number of fused-ring (bicyclic) bond motifs is 1. The minimum atomic E-state index is -0.307. The summed E-state index contributed by atoms with van der Waals surface area (Å²) >= 11 is 0. The highest BCUT2D eigenvalue weighted by Crippen LogP contribution is 2.38. The Balaban J connectivity index is 1.66. The Labute approximate surface area is 198 Å². The van der Waals surface area contributed by atoms with Crippen LogP contribution in [0.25, 0.3) is 22.6 Å². The van der Waals surface area contributed by atoms with Gasteiger partial charge in [0.2, 0.25) is 11.6 Å². The number of methoxy groups -OCH3 is 3. The summed E-state index contributed by atoms with van der Waals surface area (Å²) in [7, 11) is 4.54. The van der Waals surface area contributed by atoms with Crippen LogP contribution in [0.5, 0.6) is 17.2 Å². The number of aromatic nitrogens is 1. The molecule has 0 fully saturated rings. The van der Waals surface area contributed by atoms with E-state index in [9.17, 15) is 4.79 Å². The second-order valence-corrected chi connectivity index (χ2v) is 8.30. The summed E-state index contributed by atoms with van der Waals surface area (Å²) < 4.78 is 22.1. The Morgan fingerprint density at radius 1 is 0.941 bits per heavy atom. The van der Waals surface area contributed by atoms with Crippen LogP contribution in [0.4, 0.5) is 5.69 Å².